The molecule has 0 atom stereocenters. The molecule has 0 fully saturated rings. The van der Waals surface area contributed by atoms with E-state index in [-0.39, 0.29) is 5.96 Å². The molecule has 0 aromatic heterocycles. The number of hydrogen-bond acceptors (Lipinski definition) is 5. The zero-order valence-corrected chi connectivity index (χ0v) is 14.1. The predicted molar refractivity (Wildman–Crippen MR) is 97.2 cm³/mol. The van der Waals surface area contributed by atoms with E-state index < -0.39 is 5.97 Å². The minimum absolute atomic E-state index is 0.134. The minimum atomic E-state index is -0.456. The molecule has 130 valence electrons. The summed E-state index contributed by atoms with van der Waals surface area (Å²) in [5.74, 6) is 0.163. The number of benzene rings is 2. The van der Waals surface area contributed by atoms with Gasteiger partial charge in [-0.25, -0.2) is 4.79 Å². The van der Waals surface area contributed by atoms with Gasteiger partial charge in [0, 0.05) is 0 Å². The summed E-state index contributed by atoms with van der Waals surface area (Å²) >= 11 is 0. The van der Waals surface area contributed by atoms with Crippen molar-refractivity contribution < 1.29 is 14.3 Å². The molecule has 0 saturated carbocycles. The fraction of sp³-hybridized carbons (Fsp3) is 0.167. The Labute approximate surface area is 146 Å². The molecule has 2 aromatic rings. The van der Waals surface area contributed by atoms with Crippen molar-refractivity contribution in [2.75, 3.05) is 6.61 Å². The van der Waals surface area contributed by atoms with Crippen LogP contribution in [0.2, 0.25) is 0 Å². The summed E-state index contributed by atoms with van der Waals surface area (Å²) in [4.78, 5) is 12.3. The number of carbonyl (C=O) groups is 1. The standard InChI is InChI=1S/C18H20N4O3/c1-3-24-16-10-13(11-21-22-18(19)20)6-9-15(16)25-17(23)14-7-4-12(2)5-8-14/h4-11H,3H2,1-2H3,(H4,19,20,22)/b21-11-. The fourth-order valence-electron chi connectivity index (χ4n) is 1.97. The number of guanidine groups is 1. The third-order valence-electron chi connectivity index (χ3n) is 3.14. The van der Waals surface area contributed by atoms with E-state index in [9.17, 15) is 4.79 Å². The van der Waals surface area contributed by atoms with Gasteiger partial charge in [-0.3, -0.25) is 0 Å². The number of aryl methyl sites for hydroxylation is 1. The molecular formula is C18H20N4O3. The molecule has 7 heteroatoms. The number of carbonyl (C=O) groups excluding carboxylic acids is 1. The van der Waals surface area contributed by atoms with Gasteiger partial charge >= 0.3 is 5.97 Å². The smallest absolute Gasteiger partial charge is 0.343 e. The van der Waals surface area contributed by atoms with Crippen molar-refractivity contribution in [2.24, 2.45) is 21.7 Å². The lowest BCUT2D eigenvalue weighted by Crippen LogP contribution is -2.21. The summed E-state index contributed by atoms with van der Waals surface area (Å²) in [7, 11) is 0. The van der Waals surface area contributed by atoms with Crippen LogP contribution < -0.4 is 20.9 Å². The van der Waals surface area contributed by atoms with E-state index in [0.29, 0.717) is 29.2 Å². The van der Waals surface area contributed by atoms with Crippen LogP contribution in [0.25, 0.3) is 0 Å². The first-order valence-electron chi connectivity index (χ1n) is 7.67. The van der Waals surface area contributed by atoms with Gasteiger partial charge in [0.2, 0.25) is 5.96 Å². The average molecular weight is 340 g/mol. The Hall–Kier alpha value is -3.35. The van der Waals surface area contributed by atoms with E-state index in [0.717, 1.165) is 5.56 Å². The number of hydrogen-bond donors (Lipinski definition) is 2. The first-order valence-corrected chi connectivity index (χ1v) is 7.67. The van der Waals surface area contributed by atoms with E-state index in [4.69, 9.17) is 20.9 Å². The van der Waals surface area contributed by atoms with Crippen LogP contribution in [0.15, 0.2) is 52.7 Å². The van der Waals surface area contributed by atoms with Crippen molar-refractivity contribution in [3.8, 4) is 11.5 Å². The van der Waals surface area contributed by atoms with E-state index in [2.05, 4.69) is 10.2 Å². The molecule has 0 aliphatic rings. The van der Waals surface area contributed by atoms with Gasteiger partial charge in [0.1, 0.15) is 0 Å². The maximum atomic E-state index is 12.3. The number of nitrogens with two attached hydrogens (primary N) is 2. The largest absolute Gasteiger partial charge is 0.490 e. The van der Waals surface area contributed by atoms with E-state index in [1.165, 1.54) is 6.21 Å². The number of rotatable bonds is 6. The first kappa shape index (κ1) is 18.0. The Kier molecular flexibility index (Phi) is 6.11. The SMILES string of the molecule is CCOc1cc(/C=N\N=C(N)N)ccc1OC(=O)c1ccc(C)cc1. The van der Waals surface area contributed by atoms with Crippen molar-refractivity contribution in [3.63, 3.8) is 0 Å². The van der Waals surface area contributed by atoms with Crippen molar-refractivity contribution in [1.29, 1.82) is 0 Å². The topological polar surface area (TPSA) is 112 Å². The van der Waals surface area contributed by atoms with Crippen LogP contribution in [-0.4, -0.2) is 24.8 Å². The number of nitrogens with zero attached hydrogens (tertiary/aromatic N) is 2. The molecule has 0 spiro atoms. The summed E-state index contributed by atoms with van der Waals surface area (Å²) in [5.41, 5.74) is 12.6. The van der Waals surface area contributed by atoms with Gasteiger partial charge in [-0.2, -0.15) is 5.10 Å². The van der Waals surface area contributed by atoms with Crippen molar-refractivity contribution >= 4 is 18.1 Å². The zero-order valence-electron chi connectivity index (χ0n) is 14.1. The molecule has 0 bridgehead atoms. The highest BCUT2D eigenvalue weighted by Gasteiger charge is 2.13. The van der Waals surface area contributed by atoms with Crippen molar-refractivity contribution in [2.45, 2.75) is 13.8 Å². The minimum Gasteiger partial charge on any atom is -0.490 e. The van der Waals surface area contributed by atoms with E-state index in [1.807, 2.05) is 26.0 Å². The third-order valence-corrected chi connectivity index (χ3v) is 3.14. The molecule has 0 heterocycles. The van der Waals surface area contributed by atoms with Crippen LogP contribution in [0.1, 0.15) is 28.4 Å². The fourth-order valence-corrected chi connectivity index (χ4v) is 1.97. The molecule has 2 rings (SSSR count). The maximum Gasteiger partial charge on any atom is 0.343 e. The number of esters is 1. The lowest BCUT2D eigenvalue weighted by molar-refractivity contribution is 0.0728. The Balaban J connectivity index is 2.21. The van der Waals surface area contributed by atoms with Crippen LogP contribution in [0.5, 0.6) is 11.5 Å². The molecule has 7 nitrogen and oxygen atoms in total. The first-order chi connectivity index (χ1) is 12.0. The maximum absolute atomic E-state index is 12.3. The van der Waals surface area contributed by atoms with Gasteiger partial charge in [-0.15, -0.1) is 5.10 Å². The molecule has 0 amide bonds. The van der Waals surface area contributed by atoms with Gasteiger partial charge in [0.15, 0.2) is 11.5 Å². The monoisotopic (exact) mass is 340 g/mol. The second-order valence-corrected chi connectivity index (χ2v) is 5.16. The molecule has 0 radical (unpaired) electrons. The summed E-state index contributed by atoms with van der Waals surface area (Å²) in [6, 6.07) is 12.2. The zero-order chi connectivity index (χ0) is 18.2. The van der Waals surface area contributed by atoms with Crippen LogP contribution >= 0.6 is 0 Å². The van der Waals surface area contributed by atoms with Crippen molar-refractivity contribution in [3.05, 3.63) is 59.2 Å². The Morgan fingerprint density at radius 3 is 2.48 bits per heavy atom. The predicted octanol–water partition coefficient (Wildman–Crippen LogP) is 2.22. The number of ether oxygens (including phenoxy) is 2. The Bertz CT molecular complexity index is 794. The van der Waals surface area contributed by atoms with Crippen LogP contribution in [0.3, 0.4) is 0 Å². The molecule has 0 aliphatic heterocycles. The third kappa shape index (κ3) is 5.35. The van der Waals surface area contributed by atoms with Gasteiger partial charge in [0.05, 0.1) is 18.4 Å². The lowest BCUT2D eigenvalue weighted by atomic mass is 10.1. The van der Waals surface area contributed by atoms with Crippen molar-refractivity contribution in [1.82, 2.24) is 0 Å². The second kappa shape index (κ2) is 8.49. The Morgan fingerprint density at radius 1 is 1.12 bits per heavy atom. The Morgan fingerprint density at radius 2 is 1.84 bits per heavy atom. The van der Waals surface area contributed by atoms with Crippen LogP contribution in [-0.2, 0) is 0 Å². The second-order valence-electron chi connectivity index (χ2n) is 5.16. The molecular weight excluding hydrogens is 320 g/mol. The summed E-state index contributed by atoms with van der Waals surface area (Å²) in [5, 5.41) is 7.27. The summed E-state index contributed by atoms with van der Waals surface area (Å²) in [6.07, 6.45) is 1.47. The van der Waals surface area contributed by atoms with Gasteiger partial charge in [-0.1, -0.05) is 17.7 Å². The normalized spacial score (nSPS) is 10.5. The van der Waals surface area contributed by atoms with Crippen LogP contribution in [0.4, 0.5) is 0 Å². The average Bonchev–Trinajstić information content (AvgIpc) is 2.57. The quantitative estimate of drug-likeness (QED) is 0.275. The molecule has 25 heavy (non-hydrogen) atoms. The summed E-state index contributed by atoms with van der Waals surface area (Å²) < 4.78 is 11.0. The molecule has 0 unspecified atom stereocenters. The lowest BCUT2D eigenvalue weighted by Gasteiger charge is -2.11. The highest BCUT2D eigenvalue weighted by atomic mass is 16.6. The highest BCUT2D eigenvalue weighted by molar-refractivity contribution is 5.91. The summed E-state index contributed by atoms with van der Waals surface area (Å²) in [6.45, 7) is 4.21. The van der Waals surface area contributed by atoms with Gasteiger partial charge in [0.25, 0.3) is 0 Å². The van der Waals surface area contributed by atoms with E-state index in [1.54, 1.807) is 30.3 Å². The molecule has 4 N–H and O–H groups in total. The van der Waals surface area contributed by atoms with Gasteiger partial charge < -0.3 is 20.9 Å². The molecule has 0 saturated heterocycles. The highest BCUT2D eigenvalue weighted by Crippen LogP contribution is 2.29. The van der Waals surface area contributed by atoms with E-state index >= 15 is 0 Å². The van der Waals surface area contributed by atoms with Gasteiger partial charge in [-0.05, 0) is 49.7 Å². The molecule has 0 aliphatic carbocycles. The molecule has 2 aromatic carbocycles. The van der Waals surface area contributed by atoms with Crippen LogP contribution in [0, 0.1) is 6.92 Å².